The van der Waals surface area contributed by atoms with Crippen LogP contribution in [0.2, 0.25) is 0 Å². The van der Waals surface area contributed by atoms with Gasteiger partial charge in [-0.15, -0.1) is 0 Å². The van der Waals surface area contributed by atoms with Crippen LogP contribution in [0.4, 0.5) is 5.69 Å². The van der Waals surface area contributed by atoms with Crippen LogP contribution in [0, 0.1) is 34.6 Å². The third kappa shape index (κ3) is 3.95. The van der Waals surface area contributed by atoms with Gasteiger partial charge in [0.25, 0.3) is 5.56 Å². The number of hydrogen-bond acceptors (Lipinski definition) is 4. The van der Waals surface area contributed by atoms with Crippen LogP contribution >= 0.6 is 0 Å². The number of nitrogens with zero attached hydrogens (tertiary/aromatic N) is 4. The summed E-state index contributed by atoms with van der Waals surface area (Å²) in [7, 11) is 0. The van der Waals surface area contributed by atoms with Gasteiger partial charge in [-0.25, -0.2) is 9.36 Å². The SMILES string of the molecule is CC[C@@H](C(=O)Nc1cccc(C)c1C)n1nc(C)c2c(C)n(-c3ccc(C)cc3)nc2c1=O. The van der Waals surface area contributed by atoms with Gasteiger partial charge in [0.15, 0.2) is 5.52 Å². The molecular formula is C26H29N5O2. The molecule has 1 amide bonds. The average molecular weight is 444 g/mol. The second-order valence-corrected chi connectivity index (χ2v) is 8.55. The predicted molar refractivity (Wildman–Crippen MR) is 131 cm³/mol. The quantitative estimate of drug-likeness (QED) is 0.484. The summed E-state index contributed by atoms with van der Waals surface area (Å²) in [6.45, 7) is 11.6. The smallest absolute Gasteiger partial charge is 0.295 e. The zero-order valence-corrected chi connectivity index (χ0v) is 19.9. The first-order valence-electron chi connectivity index (χ1n) is 11.2. The second kappa shape index (κ2) is 8.65. The topological polar surface area (TPSA) is 81.8 Å². The lowest BCUT2D eigenvalue weighted by molar-refractivity contribution is -0.119. The molecule has 0 bridgehead atoms. The maximum Gasteiger partial charge on any atom is 0.295 e. The van der Waals surface area contributed by atoms with Crippen LogP contribution in [0.1, 0.15) is 47.5 Å². The van der Waals surface area contributed by atoms with Crippen molar-refractivity contribution < 1.29 is 4.79 Å². The summed E-state index contributed by atoms with van der Waals surface area (Å²) in [5.74, 6) is -0.269. The molecule has 7 heteroatoms. The highest BCUT2D eigenvalue weighted by Crippen LogP contribution is 2.24. The van der Waals surface area contributed by atoms with Crippen LogP contribution < -0.4 is 10.9 Å². The maximum absolute atomic E-state index is 13.5. The van der Waals surface area contributed by atoms with Gasteiger partial charge in [0.2, 0.25) is 5.91 Å². The van der Waals surface area contributed by atoms with Gasteiger partial charge in [-0.1, -0.05) is 36.8 Å². The van der Waals surface area contributed by atoms with E-state index in [9.17, 15) is 9.59 Å². The first-order valence-corrected chi connectivity index (χ1v) is 11.2. The summed E-state index contributed by atoms with van der Waals surface area (Å²) in [5, 5.41) is 12.9. The van der Waals surface area contributed by atoms with Gasteiger partial charge in [-0.3, -0.25) is 9.59 Å². The minimum Gasteiger partial charge on any atom is -0.324 e. The Labute approximate surface area is 193 Å². The van der Waals surface area contributed by atoms with Crippen molar-refractivity contribution in [2.24, 2.45) is 0 Å². The fourth-order valence-corrected chi connectivity index (χ4v) is 4.17. The highest BCUT2D eigenvalue weighted by molar-refractivity contribution is 5.94. The van der Waals surface area contributed by atoms with Gasteiger partial charge in [-0.2, -0.15) is 10.2 Å². The molecule has 2 heterocycles. The number of aromatic nitrogens is 4. The normalized spacial score (nSPS) is 12.2. The molecule has 0 radical (unpaired) electrons. The van der Waals surface area contributed by atoms with Crippen LogP contribution in [0.15, 0.2) is 47.3 Å². The molecule has 1 atom stereocenters. The largest absolute Gasteiger partial charge is 0.324 e. The predicted octanol–water partition coefficient (Wildman–Crippen LogP) is 4.71. The highest BCUT2D eigenvalue weighted by Gasteiger charge is 2.25. The Bertz CT molecular complexity index is 1410. The summed E-state index contributed by atoms with van der Waals surface area (Å²) in [6, 6.07) is 13.0. The van der Waals surface area contributed by atoms with Crippen LogP contribution in [-0.2, 0) is 4.79 Å². The van der Waals surface area contributed by atoms with Crippen molar-refractivity contribution in [3.05, 3.63) is 80.9 Å². The Morgan fingerprint density at radius 3 is 2.36 bits per heavy atom. The lowest BCUT2D eigenvalue weighted by Crippen LogP contribution is -2.35. The zero-order chi connectivity index (χ0) is 23.9. The number of fused-ring (bicyclic) bond motifs is 1. The molecule has 0 aliphatic carbocycles. The fourth-order valence-electron chi connectivity index (χ4n) is 4.17. The lowest BCUT2D eigenvalue weighted by Gasteiger charge is -2.18. The summed E-state index contributed by atoms with van der Waals surface area (Å²) >= 11 is 0. The number of benzene rings is 2. The number of anilines is 1. The van der Waals surface area contributed by atoms with Gasteiger partial charge in [0.1, 0.15) is 6.04 Å². The minimum absolute atomic E-state index is 0.269. The van der Waals surface area contributed by atoms with Crippen molar-refractivity contribution >= 4 is 22.5 Å². The van der Waals surface area contributed by atoms with E-state index in [4.69, 9.17) is 0 Å². The van der Waals surface area contributed by atoms with E-state index in [0.717, 1.165) is 39.1 Å². The van der Waals surface area contributed by atoms with Crippen LogP contribution in [-0.4, -0.2) is 25.5 Å². The van der Waals surface area contributed by atoms with Gasteiger partial charge >= 0.3 is 0 Å². The standard InChI is InChI=1S/C26H29N5O2/c1-7-22(25(32)27-21-10-8-9-16(3)17(21)4)31-26(33)24-23(18(5)28-31)19(6)30(29-24)20-13-11-15(2)12-14-20/h8-14,22H,7H2,1-6H3,(H,27,32)/t22-/m0/s1. The van der Waals surface area contributed by atoms with Crippen molar-refractivity contribution in [2.75, 3.05) is 5.32 Å². The fraction of sp³-hybridized carbons (Fsp3) is 0.308. The number of hydrogen-bond donors (Lipinski definition) is 1. The van der Waals surface area contributed by atoms with Gasteiger partial charge < -0.3 is 5.32 Å². The third-order valence-corrected chi connectivity index (χ3v) is 6.27. The first-order chi connectivity index (χ1) is 15.7. The molecule has 4 aromatic rings. The van der Waals surface area contributed by atoms with Crippen molar-refractivity contribution in [3.63, 3.8) is 0 Å². The molecule has 33 heavy (non-hydrogen) atoms. The summed E-state index contributed by atoms with van der Waals surface area (Å²) in [5.41, 5.74) is 6.31. The number of carbonyl (C=O) groups excluding carboxylic acids is 1. The first kappa shape index (κ1) is 22.5. The molecule has 0 aliphatic rings. The maximum atomic E-state index is 13.5. The van der Waals surface area contributed by atoms with E-state index in [-0.39, 0.29) is 11.5 Å². The molecule has 0 fully saturated rings. The Morgan fingerprint density at radius 2 is 1.70 bits per heavy atom. The molecule has 0 saturated heterocycles. The van der Waals surface area contributed by atoms with E-state index < -0.39 is 6.04 Å². The van der Waals surface area contributed by atoms with E-state index in [1.165, 1.54) is 4.68 Å². The Balaban J connectivity index is 1.79. The van der Waals surface area contributed by atoms with E-state index in [2.05, 4.69) is 15.5 Å². The number of nitrogens with one attached hydrogen (secondary N) is 1. The van der Waals surface area contributed by atoms with E-state index in [0.29, 0.717) is 17.6 Å². The molecular weight excluding hydrogens is 414 g/mol. The van der Waals surface area contributed by atoms with Gasteiger partial charge in [0.05, 0.1) is 22.5 Å². The van der Waals surface area contributed by atoms with Gasteiger partial charge in [-0.05, 0) is 70.4 Å². The summed E-state index contributed by atoms with van der Waals surface area (Å²) in [6.07, 6.45) is 0.423. The lowest BCUT2D eigenvalue weighted by atomic mass is 10.1. The Morgan fingerprint density at radius 1 is 1.00 bits per heavy atom. The van der Waals surface area contributed by atoms with E-state index >= 15 is 0 Å². The summed E-state index contributed by atoms with van der Waals surface area (Å²) < 4.78 is 3.05. The molecule has 0 aliphatic heterocycles. The monoisotopic (exact) mass is 443 g/mol. The van der Waals surface area contributed by atoms with Crippen LogP contribution in [0.5, 0.6) is 0 Å². The van der Waals surface area contributed by atoms with E-state index in [1.807, 2.05) is 84.0 Å². The number of aryl methyl sites for hydroxylation is 4. The van der Waals surface area contributed by atoms with Crippen LogP contribution in [0.25, 0.3) is 16.6 Å². The highest BCUT2D eigenvalue weighted by atomic mass is 16.2. The number of amides is 1. The molecule has 1 N–H and O–H groups in total. The third-order valence-electron chi connectivity index (χ3n) is 6.27. The molecule has 170 valence electrons. The number of rotatable bonds is 5. The Hall–Kier alpha value is -3.74. The average Bonchev–Trinajstić information content (AvgIpc) is 3.14. The molecule has 0 spiro atoms. The van der Waals surface area contributed by atoms with Crippen molar-refractivity contribution in [1.29, 1.82) is 0 Å². The van der Waals surface area contributed by atoms with Crippen molar-refractivity contribution in [3.8, 4) is 5.69 Å². The molecule has 0 unspecified atom stereocenters. The molecule has 2 aromatic carbocycles. The molecule has 0 saturated carbocycles. The summed E-state index contributed by atoms with van der Waals surface area (Å²) in [4.78, 5) is 26.7. The van der Waals surface area contributed by atoms with Crippen molar-refractivity contribution in [2.45, 2.75) is 54.0 Å². The zero-order valence-electron chi connectivity index (χ0n) is 19.9. The van der Waals surface area contributed by atoms with Gasteiger partial charge in [0, 0.05) is 5.69 Å². The molecule has 4 rings (SSSR count). The van der Waals surface area contributed by atoms with E-state index in [1.54, 1.807) is 4.68 Å². The number of carbonyl (C=O) groups is 1. The molecule has 7 nitrogen and oxygen atoms in total. The van der Waals surface area contributed by atoms with Crippen LogP contribution in [0.3, 0.4) is 0 Å². The molecule has 2 aromatic heterocycles. The second-order valence-electron chi connectivity index (χ2n) is 8.55. The van der Waals surface area contributed by atoms with Crippen molar-refractivity contribution in [1.82, 2.24) is 19.6 Å². The Kier molecular flexibility index (Phi) is 5.89. The minimum atomic E-state index is -0.745.